The number of aromatic carboxylic acids is 1. The van der Waals surface area contributed by atoms with E-state index in [-0.39, 0.29) is 38.2 Å². The molecule has 0 aliphatic heterocycles. The van der Waals surface area contributed by atoms with Crippen LogP contribution in [0.2, 0.25) is 0 Å². The standard InChI is InChI=1S/C26H18F6N2O3S2/c1-25(28,29)15-6-3-13(4-7-15)14-5-8-16(18(9-14)26(30,31)32)23-33-22(12-38-23)39-34-20-11-19(27)17(24(35)36)10-21(20)37-2/h3-12,34H,1-2H3,(H,35,36). The van der Waals surface area contributed by atoms with E-state index in [9.17, 15) is 31.1 Å². The fraction of sp³-hybridized carbons (Fsp3) is 0.154. The van der Waals surface area contributed by atoms with Crippen molar-refractivity contribution in [1.29, 1.82) is 0 Å². The van der Waals surface area contributed by atoms with E-state index < -0.39 is 35.0 Å². The Morgan fingerprint density at radius 2 is 1.69 bits per heavy atom. The van der Waals surface area contributed by atoms with Crippen LogP contribution in [0, 0.1) is 5.82 Å². The predicted octanol–water partition coefficient (Wildman–Crippen LogP) is 8.57. The first-order valence-corrected chi connectivity index (χ1v) is 12.7. The molecule has 0 radical (unpaired) electrons. The third-order valence-electron chi connectivity index (χ3n) is 5.55. The first-order chi connectivity index (χ1) is 18.3. The summed E-state index contributed by atoms with van der Waals surface area (Å²) in [6.45, 7) is 0.735. The third kappa shape index (κ3) is 6.31. The Morgan fingerprint density at radius 3 is 2.28 bits per heavy atom. The second kappa shape index (κ2) is 10.8. The van der Waals surface area contributed by atoms with Crippen LogP contribution in [0.25, 0.3) is 21.7 Å². The van der Waals surface area contributed by atoms with E-state index in [1.807, 2.05) is 0 Å². The lowest BCUT2D eigenvalue weighted by Crippen LogP contribution is -2.08. The fourth-order valence-electron chi connectivity index (χ4n) is 3.60. The van der Waals surface area contributed by atoms with Gasteiger partial charge in [-0.05, 0) is 23.3 Å². The second-order valence-corrected chi connectivity index (χ2v) is 9.94. The molecule has 13 heteroatoms. The van der Waals surface area contributed by atoms with Gasteiger partial charge in [0.05, 0.1) is 23.9 Å². The van der Waals surface area contributed by atoms with Crippen LogP contribution in [0.5, 0.6) is 5.75 Å². The molecule has 0 aliphatic rings. The molecule has 39 heavy (non-hydrogen) atoms. The third-order valence-corrected chi connectivity index (χ3v) is 7.31. The summed E-state index contributed by atoms with van der Waals surface area (Å²) in [4.78, 5) is 15.4. The number of thiazole rings is 1. The van der Waals surface area contributed by atoms with Gasteiger partial charge in [-0.3, -0.25) is 0 Å². The number of carboxylic acid groups (broad SMARTS) is 1. The van der Waals surface area contributed by atoms with Crippen molar-refractivity contribution in [3.63, 3.8) is 0 Å². The zero-order valence-electron chi connectivity index (χ0n) is 20.1. The SMILES string of the molecule is COc1cc(C(=O)O)c(F)cc1NSc1csc(-c2ccc(-c3ccc(C(C)(F)F)cc3)cc2C(F)(F)F)n1. The second-order valence-electron chi connectivity index (χ2n) is 8.26. The number of rotatable bonds is 8. The molecule has 1 heterocycles. The summed E-state index contributed by atoms with van der Waals surface area (Å²) in [7, 11) is 1.27. The number of hydrogen-bond acceptors (Lipinski definition) is 6. The van der Waals surface area contributed by atoms with Crippen molar-refractivity contribution >= 4 is 34.9 Å². The molecule has 0 fully saturated rings. The molecule has 5 nitrogen and oxygen atoms in total. The van der Waals surface area contributed by atoms with Gasteiger partial charge in [-0.25, -0.2) is 22.9 Å². The highest BCUT2D eigenvalue weighted by Crippen LogP contribution is 2.42. The molecule has 0 saturated heterocycles. The van der Waals surface area contributed by atoms with Crippen molar-refractivity contribution in [3.05, 3.63) is 82.5 Å². The van der Waals surface area contributed by atoms with Crippen LogP contribution in [0.15, 0.2) is 65.0 Å². The van der Waals surface area contributed by atoms with Crippen LogP contribution in [0.1, 0.15) is 28.4 Å². The molecule has 0 atom stereocenters. The lowest BCUT2D eigenvalue weighted by molar-refractivity contribution is -0.137. The van der Waals surface area contributed by atoms with Gasteiger partial charge in [0, 0.05) is 41.4 Å². The Labute approximate surface area is 226 Å². The molecule has 0 unspecified atom stereocenters. The number of carbonyl (C=O) groups is 1. The van der Waals surface area contributed by atoms with Gasteiger partial charge in [0.25, 0.3) is 5.92 Å². The van der Waals surface area contributed by atoms with Crippen LogP contribution in [0.4, 0.5) is 32.0 Å². The van der Waals surface area contributed by atoms with Gasteiger partial charge in [-0.2, -0.15) is 13.2 Å². The molecule has 0 aliphatic carbocycles. The summed E-state index contributed by atoms with van der Waals surface area (Å²) < 4.78 is 91.0. The maximum atomic E-state index is 14.1. The quantitative estimate of drug-likeness (QED) is 0.160. The highest BCUT2D eigenvalue weighted by molar-refractivity contribution is 8.00. The van der Waals surface area contributed by atoms with Crippen molar-refractivity contribution in [2.45, 2.75) is 24.0 Å². The lowest BCUT2D eigenvalue weighted by Gasteiger charge is -2.14. The molecule has 204 valence electrons. The molecule has 3 aromatic carbocycles. The zero-order valence-corrected chi connectivity index (χ0v) is 21.7. The molecule has 4 aromatic rings. The van der Waals surface area contributed by atoms with E-state index in [0.717, 1.165) is 48.4 Å². The van der Waals surface area contributed by atoms with Crippen LogP contribution >= 0.6 is 23.3 Å². The molecule has 4 rings (SSSR count). The summed E-state index contributed by atoms with van der Waals surface area (Å²) in [5, 5.41) is 10.9. The molecular formula is C26H18F6N2O3S2. The molecule has 0 bridgehead atoms. The first-order valence-electron chi connectivity index (χ1n) is 11.0. The number of halogens is 6. The van der Waals surface area contributed by atoms with Gasteiger partial charge >= 0.3 is 12.1 Å². The van der Waals surface area contributed by atoms with Crippen molar-refractivity contribution in [2.24, 2.45) is 0 Å². The van der Waals surface area contributed by atoms with Crippen molar-refractivity contribution in [1.82, 2.24) is 4.98 Å². The molecule has 0 spiro atoms. The van der Waals surface area contributed by atoms with E-state index in [2.05, 4.69) is 9.71 Å². The number of benzene rings is 3. The van der Waals surface area contributed by atoms with Gasteiger partial charge in [-0.15, -0.1) is 11.3 Å². The largest absolute Gasteiger partial charge is 0.495 e. The van der Waals surface area contributed by atoms with Crippen LogP contribution in [0.3, 0.4) is 0 Å². The predicted molar refractivity (Wildman–Crippen MR) is 137 cm³/mol. The molecule has 0 amide bonds. The number of hydrogen-bond donors (Lipinski definition) is 2. The zero-order chi connectivity index (χ0) is 28.5. The summed E-state index contributed by atoms with van der Waals surface area (Å²) in [6, 6.07) is 10.6. The smallest absolute Gasteiger partial charge is 0.417 e. The highest BCUT2D eigenvalue weighted by Gasteiger charge is 2.35. The Kier molecular flexibility index (Phi) is 7.84. The Morgan fingerprint density at radius 1 is 1.03 bits per heavy atom. The number of methoxy groups -OCH3 is 1. The number of nitrogens with zero attached hydrogens (tertiary/aromatic N) is 1. The van der Waals surface area contributed by atoms with Crippen molar-refractivity contribution in [3.8, 4) is 27.4 Å². The molecule has 2 N–H and O–H groups in total. The van der Waals surface area contributed by atoms with Gasteiger partial charge in [0.1, 0.15) is 21.6 Å². The average molecular weight is 585 g/mol. The number of aromatic nitrogens is 1. The minimum absolute atomic E-state index is 0.0439. The average Bonchev–Trinajstić information content (AvgIpc) is 3.35. The monoisotopic (exact) mass is 584 g/mol. The highest BCUT2D eigenvalue weighted by atomic mass is 32.2. The summed E-state index contributed by atoms with van der Waals surface area (Å²) in [5.41, 5.74) is -1.31. The minimum atomic E-state index is -4.73. The van der Waals surface area contributed by atoms with Crippen LogP contribution in [-0.4, -0.2) is 23.2 Å². The first kappa shape index (κ1) is 28.3. The van der Waals surface area contributed by atoms with Gasteiger partial charge in [-0.1, -0.05) is 36.4 Å². The normalized spacial score (nSPS) is 11.9. The van der Waals surface area contributed by atoms with Gasteiger partial charge in [0.2, 0.25) is 0 Å². The van der Waals surface area contributed by atoms with Crippen LogP contribution in [-0.2, 0) is 12.1 Å². The number of ether oxygens (including phenoxy) is 1. The maximum Gasteiger partial charge on any atom is 0.417 e. The topological polar surface area (TPSA) is 71.5 Å². The molecule has 1 aromatic heterocycles. The number of carboxylic acids is 1. The summed E-state index contributed by atoms with van der Waals surface area (Å²) in [6.07, 6.45) is -4.73. The molecular weight excluding hydrogens is 566 g/mol. The van der Waals surface area contributed by atoms with E-state index in [1.165, 1.54) is 48.9 Å². The van der Waals surface area contributed by atoms with Crippen molar-refractivity contribution < 1.29 is 41.0 Å². The number of anilines is 1. The van der Waals surface area contributed by atoms with Gasteiger partial charge in [0.15, 0.2) is 0 Å². The van der Waals surface area contributed by atoms with E-state index in [0.29, 0.717) is 5.56 Å². The van der Waals surface area contributed by atoms with Crippen LogP contribution < -0.4 is 9.46 Å². The Balaban J connectivity index is 1.60. The van der Waals surface area contributed by atoms with Crippen molar-refractivity contribution in [2.75, 3.05) is 11.8 Å². The number of alkyl halides is 5. The number of nitrogens with one attached hydrogen (secondary N) is 1. The van der Waals surface area contributed by atoms with E-state index in [4.69, 9.17) is 9.84 Å². The van der Waals surface area contributed by atoms with E-state index >= 15 is 0 Å². The maximum absolute atomic E-state index is 14.1. The molecule has 0 saturated carbocycles. The minimum Gasteiger partial charge on any atom is -0.495 e. The Bertz CT molecular complexity index is 1520. The summed E-state index contributed by atoms with van der Waals surface area (Å²) >= 11 is 1.83. The Hall–Kier alpha value is -3.71. The van der Waals surface area contributed by atoms with E-state index in [1.54, 1.807) is 0 Å². The van der Waals surface area contributed by atoms with Gasteiger partial charge < -0.3 is 14.6 Å². The lowest BCUT2D eigenvalue weighted by atomic mass is 9.97. The summed E-state index contributed by atoms with van der Waals surface area (Å²) in [5.74, 6) is -5.50. The fourth-order valence-corrected chi connectivity index (χ4v) is 5.23.